The Kier molecular flexibility index (Phi) is 4.61. The Morgan fingerprint density at radius 3 is 2.58 bits per heavy atom. The zero-order valence-electron chi connectivity index (χ0n) is 19.9. The number of H-pyrrole nitrogens is 1. The number of fused-ring (bicyclic) bond motifs is 5. The fourth-order valence-electron chi connectivity index (χ4n) is 6.47. The Morgan fingerprint density at radius 1 is 0.947 bits per heavy atom. The number of aromatic nitrogens is 1. The van der Waals surface area contributed by atoms with Crippen molar-refractivity contribution in [2.75, 3.05) is 10.2 Å². The monoisotopic (exact) mass is 507 g/mol. The van der Waals surface area contributed by atoms with Crippen LogP contribution in [0.5, 0.6) is 0 Å². The van der Waals surface area contributed by atoms with Crippen molar-refractivity contribution in [2.24, 2.45) is 11.8 Å². The molecule has 10 nitrogen and oxygen atoms in total. The Hall–Kier alpha value is -4.83. The second-order valence-electron chi connectivity index (χ2n) is 9.91. The van der Waals surface area contributed by atoms with E-state index in [1.807, 2.05) is 30.5 Å². The molecule has 10 heteroatoms. The van der Waals surface area contributed by atoms with Crippen molar-refractivity contribution in [1.29, 1.82) is 0 Å². The normalized spacial score (nSPS) is 25.7. The van der Waals surface area contributed by atoms with Crippen LogP contribution < -0.4 is 15.5 Å². The molecule has 0 saturated carbocycles. The third-order valence-electron chi connectivity index (χ3n) is 8.04. The standard InChI is InChI=1S/C28H21N5O5/c34-25-23-22(12-15-14-29-20-10-3-1-8-18(15)20)31-28(19-9-2-4-11-21(19)30-27(28)36)24(23)26(35)32(25)16-6-5-7-17(13-16)33(37)38/h1-11,13-14,22-24,29,31H,12H2,(H,30,36)/t22-,23-,24+,28-/m1/s1. The van der Waals surface area contributed by atoms with Crippen LogP contribution in [0.4, 0.5) is 17.1 Å². The first kappa shape index (κ1) is 22.4. The molecule has 188 valence electrons. The van der Waals surface area contributed by atoms with E-state index in [1.165, 1.54) is 24.3 Å². The number of nitro groups is 1. The quantitative estimate of drug-likeness (QED) is 0.220. The third kappa shape index (κ3) is 2.88. The summed E-state index contributed by atoms with van der Waals surface area (Å²) in [7, 11) is 0. The third-order valence-corrected chi connectivity index (χ3v) is 8.04. The number of nitrogens with one attached hydrogen (secondary N) is 3. The number of hydrogen-bond donors (Lipinski definition) is 3. The van der Waals surface area contributed by atoms with Crippen molar-refractivity contribution in [3.63, 3.8) is 0 Å². The van der Waals surface area contributed by atoms with Gasteiger partial charge in [-0.05, 0) is 30.2 Å². The van der Waals surface area contributed by atoms with E-state index >= 15 is 0 Å². The molecule has 7 rings (SSSR count). The molecule has 3 aliphatic heterocycles. The van der Waals surface area contributed by atoms with Gasteiger partial charge < -0.3 is 10.3 Å². The van der Waals surface area contributed by atoms with Gasteiger partial charge in [-0.1, -0.05) is 42.5 Å². The maximum atomic E-state index is 14.1. The number of rotatable bonds is 4. The number of non-ortho nitro benzene ring substituents is 1. The summed E-state index contributed by atoms with van der Waals surface area (Å²) in [6.45, 7) is 0. The summed E-state index contributed by atoms with van der Waals surface area (Å²) in [5.74, 6) is -3.30. The van der Waals surface area contributed by atoms with Crippen LogP contribution in [0.25, 0.3) is 10.9 Å². The second kappa shape index (κ2) is 7.83. The van der Waals surface area contributed by atoms with Gasteiger partial charge >= 0.3 is 0 Å². The number of nitro benzene ring substituents is 1. The number of amides is 3. The van der Waals surface area contributed by atoms with E-state index in [1.54, 1.807) is 24.3 Å². The van der Waals surface area contributed by atoms with E-state index in [0.29, 0.717) is 17.7 Å². The highest BCUT2D eigenvalue weighted by Gasteiger charge is 2.70. The molecule has 3 aromatic carbocycles. The van der Waals surface area contributed by atoms with Crippen LogP contribution in [0.3, 0.4) is 0 Å². The van der Waals surface area contributed by atoms with Gasteiger partial charge in [-0.25, -0.2) is 4.90 Å². The molecule has 2 saturated heterocycles. The molecule has 3 aliphatic rings. The van der Waals surface area contributed by atoms with Gasteiger partial charge in [0.05, 0.1) is 22.4 Å². The van der Waals surface area contributed by atoms with Crippen LogP contribution >= 0.6 is 0 Å². The summed E-state index contributed by atoms with van der Waals surface area (Å²) >= 11 is 0. The number of carbonyl (C=O) groups is 3. The minimum Gasteiger partial charge on any atom is -0.361 e. The van der Waals surface area contributed by atoms with Crippen molar-refractivity contribution >= 4 is 45.7 Å². The number of para-hydroxylation sites is 2. The lowest BCUT2D eigenvalue weighted by atomic mass is 9.76. The molecular weight excluding hydrogens is 486 g/mol. The smallest absolute Gasteiger partial charge is 0.271 e. The molecule has 3 N–H and O–H groups in total. The number of carbonyl (C=O) groups excluding carboxylic acids is 3. The summed E-state index contributed by atoms with van der Waals surface area (Å²) in [6.07, 6.45) is 2.28. The first-order valence-electron chi connectivity index (χ1n) is 12.3. The second-order valence-corrected chi connectivity index (χ2v) is 9.91. The van der Waals surface area contributed by atoms with Crippen LogP contribution in [0.2, 0.25) is 0 Å². The molecule has 1 spiro atoms. The number of imide groups is 1. The lowest BCUT2D eigenvalue weighted by molar-refractivity contribution is -0.384. The van der Waals surface area contributed by atoms with Gasteiger partial charge in [-0.15, -0.1) is 0 Å². The molecule has 4 heterocycles. The topological polar surface area (TPSA) is 137 Å². The highest BCUT2D eigenvalue weighted by molar-refractivity contribution is 6.26. The summed E-state index contributed by atoms with van der Waals surface area (Å²) in [6, 6.07) is 19.9. The maximum absolute atomic E-state index is 14.1. The lowest BCUT2D eigenvalue weighted by Crippen LogP contribution is -2.53. The van der Waals surface area contributed by atoms with E-state index in [9.17, 15) is 24.5 Å². The molecule has 2 fully saturated rings. The Morgan fingerprint density at radius 2 is 1.74 bits per heavy atom. The van der Waals surface area contributed by atoms with Gasteiger partial charge in [0, 0.05) is 46.5 Å². The SMILES string of the molecule is O=C1[C@H]2[C@@H](C(=O)N1c1cccc([N+](=O)[O-])c1)[C@@]1(N[C@@H]2Cc2c[nH]c3ccccc23)C(=O)Nc2ccccc21. The minimum absolute atomic E-state index is 0.122. The molecular formula is C28H21N5O5. The van der Waals surface area contributed by atoms with Crippen LogP contribution in [0.15, 0.2) is 79.0 Å². The summed E-state index contributed by atoms with van der Waals surface area (Å²) in [5.41, 5.74) is 1.55. The highest BCUT2D eigenvalue weighted by Crippen LogP contribution is 2.54. The zero-order valence-corrected chi connectivity index (χ0v) is 19.9. The van der Waals surface area contributed by atoms with Crippen molar-refractivity contribution in [2.45, 2.75) is 18.0 Å². The molecule has 0 unspecified atom stereocenters. The number of nitrogens with zero attached hydrogens (tertiary/aromatic N) is 2. The Bertz CT molecular complexity index is 1700. The van der Waals surface area contributed by atoms with Crippen LogP contribution in [-0.2, 0) is 26.3 Å². The number of aromatic amines is 1. The van der Waals surface area contributed by atoms with Gasteiger partial charge in [-0.3, -0.25) is 29.8 Å². The Labute approximate surface area is 215 Å². The summed E-state index contributed by atoms with van der Waals surface area (Å²) in [4.78, 5) is 56.8. The summed E-state index contributed by atoms with van der Waals surface area (Å²) in [5, 5.41) is 18.7. The van der Waals surface area contributed by atoms with E-state index in [4.69, 9.17) is 0 Å². The highest BCUT2D eigenvalue weighted by atomic mass is 16.6. The van der Waals surface area contributed by atoms with Crippen LogP contribution in [-0.4, -0.2) is 33.7 Å². The number of anilines is 2. The summed E-state index contributed by atoms with van der Waals surface area (Å²) < 4.78 is 0. The maximum Gasteiger partial charge on any atom is 0.271 e. The molecule has 3 amide bonds. The Balaban J connectivity index is 1.37. The molecule has 0 bridgehead atoms. The van der Waals surface area contributed by atoms with Gasteiger partial charge in [0.1, 0.15) is 5.54 Å². The van der Waals surface area contributed by atoms with E-state index < -0.39 is 46.1 Å². The zero-order chi connectivity index (χ0) is 26.2. The lowest BCUT2D eigenvalue weighted by Gasteiger charge is -2.29. The fourth-order valence-corrected chi connectivity index (χ4v) is 6.47. The van der Waals surface area contributed by atoms with Crippen molar-refractivity contribution in [1.82, 2.24) is 10.3 Å². The van der Waals surface area contributed by atoms with E-state index in [0.717, 1.165) is 21.4 Å². The van der Waals surface area contributed by atoms with Crippen LogP contribution in [0.1, 0.15) is 11.1 Å². The molecule has 38 heavy (non-hydrogen) atoms. The largest absolute Gasteiger partial charge is 0.361 e. The van der Waals surface area contributed by atoms with Gasteiger partial charge in [-0.2, -0.15) is 0 Å². The fraction of sp³-hybridized carbons (Fsp3) is 0.179. The van der Waals surface area contributed by atoms with Gasteiger partial charge in [0.15, 0.2) is 0 Å². The number of benzene rings is 3. The van der Waals surface area contributed by atoms with E-state index in [2.05, 4.69) is 15.6 Å². The average Bonchev–Trinajstić information content (AvgIpc) is 3.63. The van der Waals surface area contributed by atoms with Crippen LogP contribution in [0, 0.1) is 22.0 Å². The minimum atomic E-state index is -1.44. The van der Waals surface area contributed by atoms with Crippen molar-refractivity contribution < 1.29 is 19.3 Å². The first-order valence-corrected chi connectivity index (χ1v) is 12.3. The van der Waals surface area contributed by atoms with Gasteiger partial charge in [0.25, 0.3) is 5.69 Å². The van der Waals surface area contributed by atoms with E-state index in [-0.39, 0.29) is 11.4 Å². The van der Waals surface area contributed by atoms with Crippen molar-refractivity contribution in [3.8, 4) is 0 Å². The average molecular weight is 508 g/mol. The predicted octanol–water partition coefficient (Wildman–Crippen LogP) is 3.24. The molecule has 0 radical (unpaired) electrons. The predicted molar refractivity (Wildman–Crippen MR) is 138 cm³/mol. The molecule has 1 aromatic heterocycles. The molecule has 0 aliphatic carbocycles. The first-order chi connectivity index (χ1) is 18.4. The van der Waals surface area contributed by atoms with Crippen molar-refractivity contribution in [3.05, 3.63) is 100 Å². The molecule has 4 aromatic rings. The van der Waals surface area contributed by atoms with Gasteiger partial charge in [0.2, 0.25) is 17.7 Å². The molecule has 4 atom stereocenters. The number of hydrogen-bond acceptors (Lipinski definition) is 6.